The number of nitrogens with two attached hydrogens (primary N) is 1. The van der Waals surface area contributed by atoms with Gasteiger partial charge in [-0.15, -0.1) is 0 Å². The molecule has 2 heterocycles. The topological polar surface area (TPSA) is 189 Å². The molecule has 194 valence electrons. The Morgan fingerprint density at radius 3 is 2.28 bits per heavy atom. The van der Waals surface area contributed by atoms with Crippen LogP contribution in [0, 0.1) is 29.6 Å². The highest BCUT2D eigenvalue weighted by Crippen LogP contribution is 2.33. The molecular formula is C26H21N8O3S2+. The largest absolute Gasteiger partial charge is 0.325 e. The molecule has 0 aliphatic carbocycles. The number of sulfonamides is 1. The average Bonchev–Trinajstić information content (AvgIpc) is 2.92. The standard InChI is InChI=1S/C26H20N8O3S2/c1-16-3-5-17(6-4-16)23-20(13-27)24(29)33-25(21(23)14-28)38-15-22(35)32-18-7-9-19(10-8-18)39(36,37)34-26-30-11-2-12-31-26/h2-12H,15H2,1H3,(H2,29,33)(H,32,35)(H,30,31,34)/p+1. The van der Waals surface area contributed by atoms with Crippen molar-refractivity contribution in [1.82, 2.24) is 9.97 Å². The molecule has 13 heteroatoms. The van der Waals surface area contributed by atoms with E-state index in [1.807, 2.05) is 19.1 Å². The Hall–Kier alpha value is -4.98. The SMILES string of the molecule is Cc1ccc(-c2c(C#N)c(N)[nH+]c(SCC(=O)Nc3ccc(S(=O)(=O)Nc4ncccn4)cc3)c2C#N)cc1. The molecule has 2 aromatic heterocycles. The highest BCUT2D eigenvalue weighted by atomic mass is 32.2. The van der Waals surface area contributed by atoms with Crippen molar-refractivity contribution in [2.45, 2.75) is 16.8 Å². The summed E-state index contributed by atoms with van der Waals surface area (Å²) in [6, 6.07) is 18.7. The number of hydrogen-bond acceptors (Lipinski definition) is 9. The Balaban J connectivity index is 1.48. The number of hydrogen-bond donors (Lipinski definition) is 3. The van der Waals surface area contributed by atoms with Crippen LogP contribution in [-0.4, -0.2) is 30.0 Å². The van der Waals surface area contributed by atoms with Crippen LogP contribution in [0.1, 0.15) is 16.7 Å². The number of thioether (sulfide) groups is 1. The second kappa shape index (κ2) is 11.6. The molecule has 0 bridgehead atoms. The first kappa shape index (κ1) is 27.1. The number of nitrogen functional groups attached to an aromatic ring is 1. The first-order chi connectivity index (χ1) is 18.7. The molecule has 0 atom stereocenters. The van der Waals surface area contributed by atoms with Crippen molar-refractivity contribution in [2.75, 3.05) is 21.5 Å². The molecule has 39 heavy (non-hydrogen) atoms. The van der Waals surface area contributed by atoms with Gasteiger partial charge in [-0.05, 0) is 42.8 Å². The van der Waals surface area contributed by atoms with Gasteiger partial charge < -0.3 is 5.32 Å². The number of pyridine rings is 1. The summed E-state index contributed by atoms with van der Waals surface area (Å²) in [6.45, 7) is 1.93. The number of amides is 1. The van der Waals surface area contributed by atoms with Gasteiger partial charge in [-0.1, -0.05) is 41.6 Å². The molecule has 0 saturated carbocycles. The van der Waals surface area contributed by atoms with E-state index in [0.717, 1.165) is 17.3 Å². The zero-order chi connectivity index (χ0) is 28.0. The van der Waals surface area contributed by atoms with Crippen LogP contribution in [0.2, 0.25) is 0 Å². The number of carbonyl (C=O) groups excluding carboxylic acids is 1. The van der Waals surface area contributed by atoms with Crippen molar-refractivity contribution < 1.29 is 18.2 Å². The smallest absolute Gasteiger partial charge is 0.289 e. The van der Waals surface area contributed by atoms with Crippen LogP contribution in [-0.2, 0) is 14.8 Å². The molecule has 2 aromatic carbocycles. The number of nitriles is 2. The number of anilines is 3. The van der Waals surface area contributed by atoms with Crippen LogP contribution in [0.3, 0.4) is 0 Å². The third-order valence-corrected chi connectivity index (χ3v) is 7.74. The van der Waals surface area contributed by atoms with E-state index in [-0.39, 0.29) is 33.5 Å². The van der Waals surface area contributed by atoms with Gasteiger partial charge in [0.25, 0.3) is 15.8 Å². The summed E-state index contributed by atoms with van der Waals surface area (Å²) in [5.41, 5.74) is 8.88. The van der Waals surface area contributed by atoms with Gasteiger partial charge in [0, 0.05) is 23.6 Å². The van der Waals surface area contributed by atoms with Gasteiger partial charge in [0.05, 0.1) is 10.6 Å². The molecule has 4 rings (SSSR count). The number of nitrogens with one attached hydrogen (secondary N) is 3. The average molecular weight is 558 g/mol. The number of aryl methyl sites for hydroxylation is 1. The second-order valence-electron chi connectivity index (χ2n) is 8.12. The summed E-state index contributed by atoms with van der Waals surface area (Å²) in [7, 11) is -3.91. The van der Waals surface area contributed by atoms with Gasteiger partial charge in [-0.3, -0.25) is 10.5 Å². The van der Waals surface area contributed by atoms with Gasteiger partial charge in [0.2, 0.25) is 11.9 Å². The van der Waals surface area contributed by atoms with Gasteiger partial charge in [-0.2, -0.15) is 10.5 Å². The summed E-state index contributed by atoms with van der Waals surface area (Å²) in [6.07, 6.45) is 2.82. The van der Waals surface area contributed by atoms with E-state index in [0.29, 0.717) is 21.8 Å². The molecule has 0 unspecified atom stereocenters. The number of carbonyl (C=O) groups is 1. The van der Waals surface area contributed by atoms with Gasteiger partial charge >= 0.3 is 0 Å². The lowest BCUT2D eigenvalue weighted by molar-refractivity contribution is -0.410. The Labute approximate surface area is 228 Å². The normalized spacial score (nSPS) is 10.7. The molecule has 0 aliphatic rings. The number of H-pyrrole nitrogens is 1. The van der Waals surface area contributed by atoms with E-state index < -0.39 is 15.9 Å². The van der Waals surface area contributed by atoms with Crippen LogP contribution in [0.4, 0.5) is 17.5 Å². The molecule has 0 radical (unpaired) electrons. The van der Waals surface area contributed by atoms with E-state index in [1.54, 1.807) is 18.2 Å². The molecule has 5 N–H and O–H groups in total. The molecule has 11 nitrogen and oxygen atoms in total. The molecule has 0 aliphatic heterocycles. The minimum atomic E-state index is -3.91. The Bertz CT molecular complexity index is 1710. The first-order valence-electron chi connectivity index (χ1n) is 11.3. The van der Waals surface area contributed by atoms with E-state index in [4.69, 9.17) is 5.73 Å². The third-order valence-electron chi connectivity index (χ3n) is 5.40. The fourth-order valence-corrected chi connectivity index (χ4v) is 5.32. The Morgan fingerprint density at radius 2 is 1.67 bits per heavy atom. The van der Waals surface area contributed by atoms with Crippen molar-refractivity contribution in [3.05, 3.63) is 83.7 Å². The van der Waals surface area contributed by atoms with E-state index >= 15 is 0 Å². The Kier molecular flexibility index (Phi) is 8.05. The fourth-order valence-electron chi connectivity index (χ4n) is 3.54. The van der Waals surface area contributed by atoms with Crippen molar-refractivity contribution in [1.29, 1.82) is 10.5 Å². The predicted molar refractivity (Wildman–Crippen MR) is 146 cm³/mol. The lowest BCUT2D eigenvalue weighted by Gasteiger charge is -2.11. The van der Waals surface area contributed by atoms with Crippen molar-refractivity contribution in [3.8, 4) is 23.3 Å². The molecule has 0 fully saturated rings. The maximum absolute atomic E-state index is 12.6. The summed E-state index contributed by atoms with van der Waals surface area (Å²) in [5, 5.41) is 22.6. The zero-order valence-corrected chi connectivity index (χ0v) is 22.1. The van der Waals surface area contributed by atoms with E-state index in [9.17, 15) is 23.7 Å². The van der Waals surface area contributed by atoms with Gasteiger partial charge in [0.15, 0.2) is 5.03 Å². The maximum Gasteiger partial charge on any atom is 0.289 e. The van der Waals surface area contributed by atoms with Crippen LogP contribution >= 0.6 is 11.8 Å². The highest BCUT2D eigenvalue weighted by Gasteiger charge is 2.24. The maximum atomic E-state index is 12.6. The molecule has 1 amide bonds. The van der Waals surface area contributed by atoms with Crippen molar-refractivity contribution >= 4 is 45.1 Å². The lowest BCUT2D eigenvalue weighted by Crippen LogP contribution is -2.21. The van der Waals surface area contributed by atoms with Gasteiger partial charge in [0.1, 0.15) is 23.3 Å². The van der Waals surface area contributed by atoms with Crippen LogP contribution in [0.15, 0.2) is 76.9 Å². The molecule has 4 aromatic rings. The minimum absolute atomic E-state index is 0.0349. The summed E-state index contributed by atoms with van der Waals surface area (Å²) in [4.78, 5) is 23.2. The van der Waals surface area contributed by atoms with Gasteiger partial charge in [-0.25, -0.2) is 28.1 Å². The summed E-state index contributed by atoms with van der Waals surface area (Å²) >= 11 is 1.05. The predicted octanol–water partition coefficient (Wildman–Crippen LogP) is 3.12. The number of aromatic nitrogens is 3. The Morgan fingerprint density at radius 1 is 1.03 bits per heavy atom. The molecule has 0 spiro atoms. The fraction of sp³-hybridized carbons (Fsp3) is 0.0769. The number of nitrogens with zero attached hydrogens (tertiary/aromatic N) is 4. The zero-order valence-electron chi connectivity index (χ0n) is 20.5. The third kappa shape index (κ3) is 6.30. The first-order valence-corrected chi connectivity index (χ1v) is 13.8. The number of aromatic amines is 1. The molecular weight excluding hydrogens is 536 g/mol. The summed E-state index contributed by atoms with van der Waals surface area (Å²) < 4.78 is 27.3. The lowest BCUT2D eigenvalue weighted by atomic mass is 9.96. The van der Waals surface area contributed by atoms with E-state index in [1.165, 1.54) is 36.7 Å². The van der Waals surface area contributed by atoms with Crippen LogP contribution in [0.5, 0.6) is 0 Å². The van der Waals surface area contributed by atoms with E-state index in [2.05, 4.69) is 37.1 Å². The molecule has 0 saturated heterocycles. The minimum Gasteiger partial charge on any atom is -0.325 e. The highest BCUT2D eigenvalue weighted by molar-refractivity contribution is 7.99. The number of rotatable bonds is 8. The van der Waals surface area contributed by atoms with Crippen LogP contribution < -0.4 is 20.8 Å². The quantitative estimate of drug-likeness (QED) is 0.273. The number of benzene rings is 2. The second-order valence-corrected chi connectivity index (χ2v) is 10.8. The monoisotopic (exact) mass is 557 g/mol. The van der Waals surface area contributed by atoms with Crippen molar-refractivity contribution in [3.63, 3.8) is 0 Å². The van der Waals surface area contributed by atoms with Crippen molar-refractivity contribution in [2.24, 2.45) is 0 Å². The van der Waals surface area contributed by atoms with Crippen LogP contribution in [0.25, 0.3) is 11.1 Å². The summed E-state index contributed by atoms with van der Waals surface area (Å²) in [5.74, 6) is -0.462.